The second-order valence-corrected chi connectivity index (χ2v) is 10.0. The molecule has 162 valence electrons. The molecule has 1 aromatic heterocycles. The molecule has 2 aliphatic heterocycles. The van der Waals surface area contributed by atoms with E-state index in [2.05, 4.69) is 43.1 Å². The number of benzene rings is 1. The molecule has 1 aromatic carbocycles. The summed E-state index contributed by atoms with van der Waals surface area (Å²) >= 11 is 0. The number of amides is 2. The van der Waals surface area contributed by atoms with Gasteiger partial charge in [-0.15, -0.1) is 0 Å². The van der Waals surface area contributed by atoms with Crippen molar-refractivity contribution in [2.24, 2.45) is 7.05 Å². The first-order valence-electron chi connectivity index (χ1n) is 10.8. The van der Waals surface area contributed by atoms with E-state index in [-0.39, 0.29) is 23.6 Å². The number of rotatable bonds is 2. The lowest BCUT2D eigenvalue weighted by molar-refractivity contribution is -0.140. The topological polar surface area (TPSA) is 76.3 Å². The Hall–Kier alpha value is -2.41. The van der Waals surface area contributed by atoms with Gasteiger partial charge in [0.15, 0.2) is 0 Å². The minimum absolute atomic E-state index is 0.188. The molecule has 2 saturated heterocycles. The van der Waals surface area contributed by atoms with Crippen LogP contribution < -0.4 is 11.0 Å². The SMILES string of the molecule is Cn1c(=O)n([C@]2(C)CCC(=O)NC2=O)c2ccc(C3CCN(C(C)(C)C)CC3)cc21. The van der Waals surface area contributed by atoms with Crippen LogP contribution in [0.4, 0.5) is 0 Å². The van der Waals surface area contributed by atoms with Gasteiger partial charge in [-0.3, -0.25) is 28.9 Å². The van der Waals surface area contributed by atoms with Gasteiger partial charge in [0, 0.05) is 19.0 Å². The summed E-state index contributed by atoms with van der Waals surface area (Å²) in [5, 5.41) is 2.40. The van der Waals surface area contributed by atoms with Gasteiger partial charge in [-0.25, -0.2) is 4.79 Å². The number of imidazole rings is 1. The van der Waals surface area contributed by atoms with Gasteiger partial charge in [0.1, 0.15) is 5.54 Å². The zero-order valence-corrected chi connectivity index (χ0v) is 18.6. The van der Waals surface area contributed by atoms with Crippen LogP contribution in [0.3, 0.4) is 0 Å². The third kappa shape index (κ3) is 3.29. The van der Waals surface area contributed by atoms with Gasteiger partial charge in [0.05, 0.1) is 11.0 Å². The van der Waals surface area contributed by atoms with E-state index in [1.165, 1.54) is 5.56 Å². The fourth-order valence-electron chi connectivity index (χ4n) is 4.98. The molecule has 0 spiro atoms. The number of aromatic nitrogens is 2. The zero-order valence-electron chi connectivity index (χ0n) is 18.6. The van der Waals surface area contributed by atoms with Crippen molar-refractivity contribution in [1.82, 2.24) is 19.4 Å². The van der Waals surface area contributed by atoms with E-state index in [0.29, 0.717) is 12.3 Å². The van der Waals surface area contributed by atoms with Crippen molar-refractivity contribution in [1.29, 1.82) is 0 Å². The summed E-state index contributed by atoms with van der Waals surface area (Å²) in [7, 11) is 1.75. The van der Waals surface area contributed by atoms with Crippen molar-refractivity contribution in [3.05, 3.63) is 34.2 Å². The second kappa shape index (κ2) is 7.08. The van der Waals surface area contributed by atoms with E-state index < -0.39 is 11.4 Å². The summed E-state index contributed by atoms with van der Waals surface area (Å²) in [6.45, 7) is 10.6. The number of nitrogens with zero attached hydrogens (tertiary/aromatic N) is 3. The van der Waals surface area contributed by atoms with Crippen molar-refractivity contribution < 1.29 is 9.59 Å². The van der Waals surface area contributed by atoms with E-state index >= 15 is 0 Å². The number of hydrogen-bond acceptors (Lipinski definition) is 4. The smallest absolute Gasteiger partial charge is 0.298 e. The van der Waals surface area contributed by atoms with E-state index in [1.54, 1.807) is 23.1 Å². The molecule has 2 amide bonds. The minimum Gasteiger partial charge on any atom is -0.298 e. The lowest BCUT2D eigenvalue weighted by atomic mass is 9.87. The Balaban J connectivity index is 1.69. The van der Waals surface area contributed by atoms with Gasteiger partial charge < -0.3 is 0 Å². The standard InChI is InChI=1S/C23H32N4O3/c1-22(2,3)26-12-9-15(10-13-26)16-6-7-17-18(14-16)25(5)21(30)27(17)23(4)11-8-19(28)24-20(23)29/h6-7,14-15H,8-13H2,1-5H3,(H,24,28,29)/t23-/m1/s1. The normalized spacial score (nSPS) is 24.4. The van der Waals surface area contributed by atoms with Gasteiger partial charge >= 0.3 is 5.69 Å². The Kier molecular flexibility index (Phi) is 4.92. The monoisotopic (exact) mass is 412 g/mol. The molecule has 2 aromatic rings. The number of carbonyl (C=O) groups excluding carboxylic acids is 2. The minimum atomic E-state index is -1.07. The van der Waals surface area contributed by atoms with Crippen LogP contribution in [0.1, 0.15) is 64.9 Å². The molecule has 0 unspecified atom stereocenters. The largest absolute Gasteiger partial charge is 0.329 e. The average Bonchev–Trinajstić information content (AvgIpc) is 2.95. The van der Waals surface area contributed by atoms with E-state index in [4.69, 9.17) is 0 Å². The number of hydrogen-bond donors (Lipinski definition) is 1. The summed E-state index contributed by atoms with van der Waals surface area (Å²) in [6, 6.07) is 6.18. The van der Waals surface area contributed by atoms with Crippen LogP contribution in [0.5, 0.6) is 0 Å². The molecular formula is C23H32N4O3. The number of imide groups is 1. The predicted molar refractivity (Wildman–Crippen MR) is 117 cm³/mol. The maximum atomic E-state index is 13.1. The number of nitrogens with one attached hydrogen (secondary N) is 1. The molecule has 0 aliphatic carbocycles. The average molecular weight is 413 g/mol. The molecule has 1 N–H and O–H groups in total. The third-order valence-corrected chi connectivity index (χ3v) is 7.07. The van der Waals surface area contributed by atoms with Gasteiger partial charge in [-0.2, -0.15) is 0 Å². The summed E-state index contributed by atoms with van der Waals surface area (Å²) < 4.78 is 3.19. The van der Waals surface area contributed by atoms with E-state index in [1.807, 2.05) is 6.07 Å². The van der Waals surface area contributed by atoms with Crippen LogP contribution in [0.15, 0.2) is 23.0 Å². The number of piperidine rings is 2. The van der Waals surface area contributed by atoms with Crippen LogP contribution in [-0.2, 0) is 22.2 Å². The second-order valence-electron chi connectivity index (χ2n) is 10.0. The summed E-state index contributed by atoms with van der Waals surface area (Å²) in [6.07, 6.45) is 2.75. The number of likely N-dealkylation sites (tertiary alicyclic amines) is 1. The van der Waals surface area contributed by atoms with E-state index in [0.717, 1.165) is 37.0 Å². The van der Waals surface area contributed by atoms with Crippen molar-refractivity contribution in [2.45, 2.75) is 70.4 Å². The first-order chi connectivity index (χ1) is 14.0. The Morgan fingerprint density at radius 1 is 1.07 bits per heavy atom. The molecule has 4 rings (SSSR count). The Bertz CT molecular complexity index is 1070. The fourth-order valence-corrected chi connectivity index (χ4v) is 4.98. The Labute approximate surface area is 177 Å². The van der Waals surface area contributed by atoms with Crippen LogP contribution in [0, 0.1) is 0 Å². The van der Waals surface area contributed by atoms with Crippen molar-refractivity contribution >= 4 is 22.8 Å². The van der Waals surface area contributed by atoms with Crippen LogP contribution in [0.2, 0.25) is 0 Å². The summed E-state index contributed by atoms with van der Waals surface area (Å²) in [5.41, 5.74) is 1.72. The van der Waals surface area contributed by atoms with Crippen molar-refractivity contribution in [2.75, 3.05) is 13.1 Å². The zero-order chi connectivity index (χ0) is 21.8. The molecule has 30 heavy (non-hydrogen) atoms. The highest BCUT2D eigenvalue weighted by Gasteiger charge is 2.42. The van der Waals surface area contributed by atoms with Gasteiger partial charge in [0.2, 0.25) is 5.91 Å². The number of fused-ring (bicyclic) bond motifs is 1. The Morgan fingerprint density at radius 2 is 1.73 bits per heavy atom. The van der Waals surface area contributed by atoms with Gasteiger partial charge in [-0.05, 0) is 83.7 Å². The lowest BCUT2D eigenvalue weighted by Gasteiger charge is -2.41. The van der Waals surface area contributed by atoms with Crippen molar-refractivity contribution in [3.63, 3.8) is 0 Å². The van der Waals surface area contributed by atoms with Gasteiger partial charge in [-0.1, -0.05) is 6.07 Å². The van der Waals surface area contributed by atoms with Crippen LogP contribution in [-0.4, -0.2) is 44.5 Å². The molecule has 2 aliphatic rings. The molecule has 7 nitrogen and oxygen atoms in total. The maximum absolute atomic E-state index is 13.1. The predicted octanol–water partition coefficient (Wildman–Crippen LogP) is 2.47. The maximum Gasteiger partial charge on any atom is 0.329 e. The molecule has 2 fully saturated rings. The molecule has 0 radical (unpaired) electrons. The third-order valence-electron chi connectivity index (χ3n) is 7.07. The number of carbonyl (C=O) groups is 2. The first kappa shape index (κ1) is 20.8. The molecule has 3 heterocycles. The van der Waals surface area contributed by atoms with E-state index in [9.17, 15) is 14.4 Å². The first-order valence-corrected chi connectivity index (χ1v) is 10.8. The molecule has 0 saturated carbocycles. The highest BCUT2D eigenvalue weighted by atomic mass is 16.2. The highest BCUT2D eigenvalue weighted by molar-refractivity contribution is 6.02. The molecular weight excluding hydrogens is 380 g/mol. The molecule has 0 bridgehead atoms. The molecule has 1 atom stereocenters. The quantitative estimate of drug-likeness (QED) is 0.769. The highest BCUT2D eigenvalue weighted by Crippen LogP contribution is 2.34. The fraction of sp³-hybridized carbons (Fsp3) is 0.609. The summed E-state index contributed by atoms with van der Waals surface area (Å²) in [5.74, 6) is -0.223. The Morgan fingerprint density at radius 3 is 2.33 bits per heavy atom. The van der Waals surface area contributed by atoms with Crippen LogP contribution >= 0.6 is 0 Å². The molecule has 7 heteroatoms. The summed E-state index contributed by atoms with van der Waals surface area (Å²) in [4.78, 5) is 39.9. The van der Waals surface area contributed by atoms with Crippen molar-refractivity contribution in [3.8, 4) is 0 Å². The van der Waals surface area contributed by atoms with Crippen LogP contribution in [0.25, 0.3) is 11.0 Å². The van der Waals surface area contributed by atoms with Gasteiger partial charge in [0.25, 0.3) is 5.91 Å². The lowest BCUT2D eigenvalue weighted by Crippen LogP contribution is -2.55. The number of aryl methyl sites for hydroxylation is 1.